The van der Waals surface area contributed by atoms with Crippen LogP contribution in [0.25, 0.3) is 0 Å². The molecule has 4 aliphatic heterocycles. The molecule has 2 unspecified atom stereocenters. The molecule has 1 aliphatic carbocycles. The van der Waals surface area contributed by atoms with E-state index in [0.717, 1.165) is 13.0 Å². The van der Waals surface area contributed by atoms with Gasteiger partial charge in [-0.15, -0.1) is 5.06 Å². The Labute approximate surface area is 81.9 Å². The van der Waals surface area contributed by atoms with Crippen molar-refractivity contribution >= 4 is 7.82 Å². The summed E-state index contributed by atoms with van der Waals surface area (Å²) < 4.78 is 27.3. The average Bonchev–Trinajstić information content (AvgIpc) is 2.62. The molecule has 4 heterocycles. The third-order valence-electron chi connectivity index (χ3n) is 3.81. The Balaban J connectivity index is 1.73. The van der Waals surface area contributed by atoms with E-state index in [1.165, 1.54) is 19.3 Å². The molecule has 1 spiro atoms. The Morgan fingerprint density at radius 3 is 2.93 bits per heavy atom. The normalized spacial score (nSPS) is 60.6. The maximum atomic E-state index is 11.5. The summed E-state index contributed by atoms with van der Waals surface area (Å²) in [5.41, 5.74) is 0. The van der Waals surface area contributed by atoms with Gasteiger partial charge in [-0.2, -0.15) is 4.62 Å². The van der Waals surface area contributed by atoms with Crippen molar-refractivity contribution in [2.45, 2.75) is 31.6 Å². The molecule has 1 saturated carbocycles. The average molecular weight is 217 g/mol. The highest BCUT2D eigenvalue weighted by Gasteiger charge is 2.77. The molecule has 5 aliphatic rings. The molecule has 0 aromatic heterocycles. The van der Waals surface area contributed by atoms with Crippen LogP contribution in [0, 0.1) is 11.8 Å². The number of phosphoric ester groups is 1. The van der Waals surface area contributed by atoms with Crippen LogP contribution in [0.5, 0.6) is 0 Å². The molecule has 5 rings (SSSR count). The standard InChI is InChI=1S/C8H12NO4P/c10-14-11-8(12-14)7-4-2-1-3-6(7)5-9(8)13-14/h6-7H,1-5H2. The summed E-state index contributed by atoms with van der Waals surface area (Å²) in [6.45, 7) is 0.814. The zero-order valence-corrected chi connectivity index (χ0v) is 8.61. The van der Waals surface area contributed by atoms with Gasteiger partial charge < -0.3 is 0 Å². The van der Waals surface area contributed by atoms with Gasteiger partial charge >= 0.3 is 7.82 Å². The van der Waals surface area contributed by atoms with Gasteiger partial charge in [0.2, 0.25) is 0 Å². The van der Waals surface area contributed by atoms with E-state index in [0.29, 0.717) is 11.8 Å². The number of nitrogens with zero attached hydrogens (tertiary/aromatic N) is 1. The zero-order chi connectivity index (χ0) is 9.39. The molecule has 5 nitrogen and oxygen atoms in total. The predicted octanol–water partition coefficient (Wildman–Crippen LogP) is 1.86. The minimum Gasteiger partial charge on any atom is -0.235 e. The maximum Gasteiger partial charge on any atom is 0.499 e. The molecular formula is C8H12NO4P. The topological polar surface area (TPSA) is 48.0 Å². The van der Waals surface area contributed by atoms with Gasteiger partial charge in [0, 0.05) is 12.5 Å². The van der Waals surface area contributed by atoms with Gasteiger partial charge in [0.1, 0.15) is 0 Å². The largest absolute Gasteiger partial charge is 0.499 e. The number of phosphoric acid groups is 1. The Bertz CT molecular complexity index is 336. The van der Waals surface area contributed by atoms with E-state index in [1.807, 2.05) is 0 Å². The first kappa shape index (κ1) is 8.25. The second-order valence-electron chi connectivity index (χ2n) is 4.55. The molecule has 78 valence electrons. The zero-order valence-electron chi connectivity index (χ0n) is 7.72. The number of hydroxylamine groups is 2. The van der Waals surface area contributed by atoms with E-state index in [9.17, 15) is 4.57 Å². The molecule has 14 heavy (non-hydrogen) atoms. The SMILES string of the molecule is O=P12ON3CC4CCCCC4C3(O1)O2. The van der Waals surface area contributed by atoms with Gasteiger partial charge in [0.25, 0.3) is 5.91 Å². The second kappa shape index (κ2) is 2.25. The minimum absolute atomic E-state index is 0.362. The van der Waals surface area contributed by atoms with Crippen molar-refractivity contribution in [2.24, 2.45) is 11.8 Å². The Morgan fingerprint density at radius 1 is 1.29 bits per heavy atom. The molecule has 4 saturated heterocycles. The highest BCUT2D eigenvalue weighted by molar-refractivity contribution is 7.50. The fourth-order valence-electron chi connectivity index (χ4n) is 3.23. The third kappa shape index (κ3) is 0.762. The van der Waals surface area contributed by atoms with Crippen LogP contribution in [0.3, 0.4) is 0 Å². The molecule has 6 heteroatoms. The molecule has 2 atom stereocenters. The summed E-state index contributed by atoms with van der Waals surface area (Å²) in [4.78, 5) is 0. The summed E-state index contributed by atoms with van der Waals surface area (Å²) in [7, 11) is -3.12. The lowest BCUT2D eigenvalue weighted by Gasteiger charge is -2.39. The van der Waals surface area contributed by atoms with Crippen molar-refractivity contribution in [3.8, 4) is 0 Å². The van der Waals surface area contributed by atoms with Gasteiger partial charge in [-0.3, -0.25) is 0 Å². The molecule has 2 bridgehead atoms. The van der Waals surface area contributed by atoms with Crippen LogP contribution in [0.15, 0.2) is 0 Å². The van der Waals surface area contributed by atoms with Crippen molar-refractivity contribution in [3.63, 3.8) is 0 Å². The number of hydrogen-bond donors (Lipinski definition) is 0. The Morgan fingerprint density at radius 2 is 2.07 bits per heavy atom. The first-order chi connectivity index (χ1) is 6.72. The Hall–Kier alpha value is 0.0700. The van der Waals surface area contributed by atoms with Crippen LogP contribution in [-0.4, -0.2) is 17.5 Å². The second-order valence-corrected chi connectivity index (χ2v) is 5.98. The van der Waals surface area contributed by atoms with Crippen LogP contribution in [0.2, 0.25) is 0 Å². The van der Waals surface area contributed by atoms with Crippen molar-refractivity contribution in [2.75, 3.05) is 6.54 Å². The first-order valence-corrected chi connectivity index (χ1v) is 6.67. The van der Waals surface area contributed by atoms with Crippen LogP contribution in [0.4, 0.5) is 0 Å². The predicted molar refractivity (Wildman–Crippen MR) is 45.7 cm³/mol. The van der Waals surface area contributed by atoms with Gasteiger partial charge in [-0.05, 0) is 18.8 Å². The third-order valence-corrected chi connectivity index (χ3v) is 5.18. The summed E-state index contributed by atoms with van der Waals surface area (Å²) in [6, 6.07) is 0. The van der Waals surface area contributed by atoms with Crippen molar-refractivity contribution in [3.05, 3.63) is 0 Å². The van der Waals surface area contributed by atoms with Crippen molar-refractivity contribution in [1.29, 1.82) is 0 Å². The summed E-state index contributed by atoms with van der Waals surface area (Å²) in [6.07, 6.45) is 4.81. The lowest BCUT2D eigenvalue weighted by molar-refractivity contribution is -0.281. The molecular weight excluding hydrogens is 205 g/mol. The molecule has 0 aromatic carbocycles. The first-order valence-electron chi connectivity index (χ1n) is 5.21. The highest BCUT2D eigenvalue weighted by Crippen LogP contribution is 2.78. The lowest BCUT2D eigenvalue weighted by atomic mass is 9.80. The lowest BCUT2D eigenvalue weighted by Crippen LogP contribution is -2.49. The van der Waals surface area contributed by atoms with E-state index in [-0.39, 0.29) is 0 Å². The molecule has 0 radical (unpaired) electrons. The van der Waals surface area contributed by atoms with E-state index in [4.69, 9.17) is 13.7 Å². The van der Waals surface area contributed by atoms with Gasteiger partial charge in [0.05, 0.1) is 0 Å². The number of fused-ring (bicyclic) bond motifs is 1. The molecule has 0 N–H and O–H groups in total. The monoisotopic (exact) mass is 217 g/mol. The molecule has 0 amide bonds. The van der Waals surface area contributed by atoms with Crippen molar-refractivity contribution < 1.29 is 18.2 Å². The minimum atomic E-state index is -3.12. The van der Waals surface area contributed by atoms with Gasteiger partial charge in [0.15, 0.2) is 0 Å². The van der Waals surface area contributed by atoms with E-state index in [1.54, 1.807) is 5.06 Å². The van der Waals surface area contributed by atoms with Gasteiger partial charge in [-0.25, -0.2) is 13.6 Å². The Kier molecular flexibility index (Phi) is 1.33. The van der Waals surface area contributed by atoms with Crippen LogP contribution in [0.1, 0.15) is 25.7 Å². The molecule has 5 fully saturated rings. The van der Waals surface area contributed by atoms with Crippen LogP contribution >= 0.6 is 7.82 Å². The van der Waals surface area contributed by atoms with E-state index in [2.05, 4.69) is 0 Å². The summed E-state index contributed by atoms with van der Waals surface area (Å²) in [5, 5.41) is 1.68. The fraction of sp³-hybridized carbons (Fsp3) is 1.00. The number of hydrogen-bond acceptors (Lipinski definition) is 5. The highest BCUT2D eigenvalue weighted by atomic mass is 31.2. The smallest absolute Gasteiger partial charge is 0.235 e. The number of rotatable bonds is 0. The van der Waals surface area contributed by atoms with E-state index < -0.39 is 13.7 Å². The summed E-state index contributed by atoms with van der Waals surface area (Å²) in [5.74, 6) is 0.208. The van der Waals surface area contributed by atoms with E-state index >= 15 is 0 Å². The van der Waals surface area contributed by atoms with Gasteiger partial charge in [-0.1, -0.05) is 12.8 Å². The van der Waals surface area contributed by atoms with Crippen LogP contribution in [-0.2, 0) is 18.2 Å². The van der Waals surface area contributed by atoms with Crippen LogP contribution < -0.4 is 0 Å². The maximum absolute atomic E-state index is 11.5. The van der Waals surface area contributed by atoms with Crippen molar-refractivity contribution in [1.82, 2.24) is 5.06 Å². The summed E-state index contributed by atoms with van der Waals surface area (Å²) >= 11 is 0. The quantitative estimate of drug-likeness (QED) is 0.579. The fourth-order valence-corrected chi connectivity index (χ4v) is 4.83. The molecule has 0 aromatic rings.